The van der Waals surface area contributed by atoms with Gasteiger partial charge in [0.25, 0.3) is 0 Å². The predicted octanol–water partition coefficient (Wildman–Crippen LogP) is 5.69. The average Bonchev–Trinajstić information content (AvgIpc) is 3.24. The molecule has 2 aliphatic rings. The maximum absolute atomic E-state index is 6.20. The van der Waals surface area contributed by atoms with Crippen molar-refractivity contribution in [2.45, 2.75) is 25.0 Å². The van der Waals surface area contributed by atoms with E-state index in [9.17, 15) is 0 Å². The van der Waals surface area contributed by atoms with Gasteiger partial charge in [0.05, 0.1) is 0 Å². The molecule has 2 aliphatic heterocycles. The first-order valence-electron chi connectivity index (χ1n) is 8.56. The van der Waals surface area contributed by atoms with Crippen LogP contribution in [0.15, 0.2) is 66.7 Å². The molecular weight excluding hydrogens is 332 g/mol. The van der Waals surface area contributed by atoms with Crippen LogP contribution in [-0.4, -0.2) is 0 Å². The molecule has 3 heteroatoms. The zero-order chi connectivity index (χ0) is 16.8. The van der Waals surface area contributed by atoms with Crippen molar-refractivity contribution in [3.8, 4) is 11.5 Å². The van der Waals surface area contributed by atoms with E-state index >= 15 is 0 Å². The van der Waals surface area contributed by atoms with Crippen molar-refractivity contribution in [1.82, 2.24) is 0 Å². The Hall–Kier alpha value is -2.45. The number of fused-ring (bicyclic) bond motifs is 2. The number of hydrogen-bond donors (Lipinski definition) is 0. The van der Waals surface area contributed by atoms with Gasteiger partial charge < -0.3 is 9.47 Å². The number of halogens is 1. The zero-order valence-corrected chi connectivity index (χ0v) is 14.4. The minimum absolute atomic E-state index is 0.0553. The Morgan fingerprint density at radius 1 is 0.680 bits per heavy atom. The molecule has 0 fully saturated rings. The quantitative estimate of drug-likeness (QED) is 0.592. The van der Waals surface area contributed by atoms with Gasteiger partial charge in [0.15, 0.2) is 0 Å². The normalized spacial score (nSPS) is 20.5. The molecule has 0 spiro atoms. The molecule has 0 radical (unpaired) electrons. The van der Waals surface area contributed by atoms with Crippen LogP contribution in [-0.2, 0) is 12.8 Å². The molecule has 2 unspecified atom stereocenters. The van der Waals surface area contributed by atoms with Crippen LogP contribution in [0.25, 0.3) is 0 Å². The molecule has 124 valence electrons. The summed E-state index contributed by atoms with van der Waals surface area (Å²) in [7, 11) is 0. The van der Waals surface area contributed by atoms with Crippen LogP contribution < -0.4 is 9.47 Å². The lowest BCUT2D eigenvalue weighted by molar-refractivity contribution is 0.237. The van der Waals surface area contributed by atoms with Gasteiger partial charge in [-0.3, -0.25) is 0 Å². The summed E-state index contributed by atoms with van der Waals surface area (Å²) < 4.78 is 12.4. The number of ether oxygens (including phenoxy) is 2. The highest BCUT2D eigenvalue weighted by Gasteiger charge is 2.30. The van der Waals surface area contributed by atoms with Gasteiger partial charge in [-0.15, -0.1) is 0 Å². The third kappa shape index (κ3) is 2.67. The summed E-state index contributed by atoms with van der Waals surface area (Å²) in [6, 6.07) is 22.6. The van der Waals surface area contributed by atoms with E-state index in [-0.39, 0.29) is 12.2 Å². The fourth-order valence-electron chi connectivity index (χ4n) is 3.69. The van der Waals surface area contributed by atoms with E-state index in [0.717, 1.165) is 34.9 Å². The summed E-state index contributed by atoms with van der Waals surface area (Å²) in [4.78, 5) is 0. The predicted molar refractivity (Wildman–Crippen MR) is 98.5 cm³/mol. The highest BCUT2D eigenvalue weighted by Crippen LogP contribution is 2.45. The highest BCUT2D eigenvalue weighted by molar-refractivity contribution is 6.30. The van der Waals surface area contributed by atoms with Crippen LogP contribution in [0.2, 0.25) is 5.02 Å². The summed E-state index contributed by atoms with van der Waals surface area (Å²) in [6.45, 7) is 0. The van der Waals surface area contributed by atoms with Crippen LogP contribution in [0.3, 0.4) is 0 Å². The smallest absolute Gasteiger partial charge is 0.128 e. The monoisotopic (exact) mass is 348 g/mol. The highest BCUT2D eigenvalue weighted by atomic mass is 35.5. The summed E-state index contributed by atoms with van der Waals surface area (Å²) >= 11 is 5.98. The summed E-state index contributed by atoms with van der Waals surface area (Å²) in [5.41, 5.74) is 4.82. The molecule has 0 bridgehead atoms. The third-order valence-electron chi connectivity index (χ3n) is 5.01. The fourth-order valence-corrected chi connectivity index (χ4v) is 3.81. The van der Waals surface area contributed by atoms with Gasteiger partial charge in [0.2, 0.25) is 0 Å². The van der Waals surface area contributed by atoms with Crippen molar-refractivity contribution in [3.63, 3.8) is 0 Å². The maximum Gasteiger partial charge on any atom is 0.128 e. The molecular formula is C22H17ClO2. The Bertz CT molecular complexity index is 884. The van der Waals surface area contributed by atoms with Gasteiger partial charge in [0.1, 0.15) is 23.7 Å². The van der Waals surface area contributed by atoms with Gasteiger partial charge in [-0.1, -0.05) is 54.1 Å². The van der Waals surface area contributed by atoms with E-state index in [1.165, 1.54) is 16.7 Å². The zero-order valence-electron chi connectivity index (χ0n) is 13.6. The van der Waals surface area contributed by atoms with Gasteiger partial charge >= 0.3 is 0 Å². The second kappa shape index (κ2) is 5.82. The van der Waals surface area contributed by atoms with Crippen LogP contribution in [0.1, 0.15) is 34.5 Å². The second-order valence-electron chi connectivity index (χ2n) is 6.65. The minimum atomic E-state index is 0.0553. The van der Waals surface area contributed by atoms with Crippen molar-refractivity contribution < 1.29 is 9.47 Å². The largest absolute Gasteiger partial charge is 0.485 e. The van der Waals surface area contributed by atoms with E-state index in [1.807, 2.05) is 30.3 Å². The Kier molecular flexibility index (Phi) is 3.46. The van der Waals surface area contributed by atoms with E-state index in [0.29, 0.717) is 0 Å². The van der Waals surface area contributed by atoms with Crippen molar-refractivity contribution in [3.05, 3.63) is 94.0 Å². The summed E-state index contributed by atoms with van der Waals surface area (Å²) in [6.07, 6.45) is 1.91. The number of hydrogen-bond acceptors (Lipinski definition) is 2. The molecule has 0 saturated carbocycles. The van der Waals surface area contributed by atoms with Gasteiger partial charge in [-0.2, -0.15) is 0 Å². The molecule has 25 heavy (non-hydrogen) atoms. The Labute approximate surface area is 152 Å². The molecule has 5 rings (SSSR count). The summed E-state index contributed by atoms with van der Waals surface area (Å²) in [5.74, 6) is 1.98. The van der Waals surface area contributed by atoms with Crippen LogP contribution in [0.5, 0.6) is 11.5 Å². The molecule has 2 heterocycles. The van der Waals surface area contributed by atoms with Crippen molar-refractivity contribution in [2.24, 2.45) is 0 Å². The van der Waals surface area contributed by atoms with Crippen LogP contribution in [0.4, 0.5) is 0 Å². The maximum atomic E-state index is 6.20. The molecule has 2 atom stereocenters. The Morgan fingerprint density at radius 3 is 1.76 bits per heavy atom. The Balaban J connectivity index is 1.39. The standard InChI is InChI=1S/C22H17ClO2/c23-18-8-6-15(7-9-18)20-11-17-13-21-16(12-22(17)25-20)10-19(24-21)14-4-2-1-3-5-14/h1-9,12-13,19-20H,10-11H2. The van der Waals surface area contributed by atoms with Gasteiger partial charge in [-0.25, -0.2) is 0 Å². The van der Waals surface area contributed by atoms with E-state index in [1.54, 1.807) is 0 Å². The molecule has 0 saturated heterocycles. The van der Waals surface area contributed by atoms with Crippen LogP contribution >= 0.6 is 11.6 Å². The number of benzene rings is 3. The average molecular weight is 349 g/mol. The molecule has 2 nitrogen and oxygen atoms in total. The third-order valence-corrected chi connectivity index (χ3v) is 5.26. The SMILES string of the molecule is Clc1ccc(C2Cc3cc4c(cc3O2)CC(c2ccccc2)O4)cc1. The van der Waals surface area contributed by atoms with Crippen molar-refractivity contribution in [2.75, 3.05) is 0 Å². The topological polar surface area (TPSA) is 18.5 Å². The van der Waals surface area contributed by atoms with Crippen LogP contribution in [0, 0.1) is 0 Å². The van der Waals surface area contributed by atoms with Crippen molar-refractivity contribution >= 4 is 11.6 Å². The lowest BCUT2D eigenvalue weighted by Gasteiger charge is -2.11. The minimum Gasteiger partial charge on any atom is -0.485 e. The van der Waals surface area contributed by atoms with E-state index < -0.39 is 0 Å². The molecule has 0 N–H and O–H groups in total. The van der Waals surface area contributed by atoms with E-state index in [2.05, 4.69) is 36.4 Å². The first-order chi connectivity index (χ1) is 12.3. The molecule has 0 amide bonds. The molecule has 0 aliphatic carbocycles. The Morgan fingerprint density at radius 2 is 1.20 bits per heavy atom. The number of rotatable bonds is 2. The lowest BCUT2D eigenvalue weighted by atomic mass is 10.0. The first kappa shape index (κ1) is 14.9. The van der Waals surface area contributed by atoms with Gasteiger partial charge in [0, 0.05) is 29.0 Å². The lowest BCUT2D eigenvalue weighted by Crippen LogP contribution is -2.03. The van der Waals surface area contributed by atoms with Gasteiger partial charge in [-0.05, 0) is 35.4 Å². The first-order valence-corrected chi connectivity index (χ1v) is 8.93. The molecule has 3 aromatic rings. The van der Waals surface area contributed by atoms with Crippen molar-refractivity contribution in [1.29, 1.82) is 0 Å². The fraction of sp³-hybridized carbons (Fsp3) is 0.182. The molecule has 3 aromatic carbocycles. The van der Waals surface area contributed by atoms with E-state index in [4.69, 9.17) is 21.1 Å². The second-order valence-corrected chi connectivity index (χ2v) is 7.09. The molecule has 0 aromatic heterocycles. The summed E-state index contributed by atoms with van der Waals surface area (Å²) in [5, 5.41) is 0.749.